The van der Waals surface area contributed by atoms with E-state index in [0.717, 1.165) is 24.9 Å². The van der Waals surface area contributed by atoms with Crippen LogP contribution in [0.15, 0.2) is 72.8 Å². The summed E-state index contributed by atoms with van der Waals surface area (Å²) in [6, 6.07) is 24.9. The van der Waals surface area contributed by atoms with Crippen LogP contribution in [-0.4, -0.2) is 10.4 Å². The van der Waals surface area contributed by atoms with Crippen molar-refractivity contribution in [3.05, 3.63) is 95.3 Å². The van der Waals surface area contributed by atoms with Crippen LogP contribution in [-0.2, 0) is 30.6 Å². The van der Waals surface area contributed by atoms with E-state index in [0.29, 0.717) is 18.6 Å². The number of benzene rings is 2. The maximum Gasteiger partial charge on any atom is 0.137 e. The van der Waals surface area contributed by atoms with E-state index in [2.05, 4.69) is 47.9 Å². The molecule has 0 radical (unpaired) electrons. The van der Waals surface area contributed by atoms with Gasteiger partial charge in [-0.15, -0.1) is 0 Å². The van der Waals surface area contributed by atoms with Crippen LogP contribution in [0.1, 0.15) is 35.9 Å². The lowest BCUT2D eigenvalue weighted by atomic mass is 10.1. The molecular weight excluding hydrogens is 306 g/mol. The lowest BCUT2D eigenvalue weighted by molar-refractivity contribution is -0.118. The molecule has 1 aromatic heterocycles. The molecule has 0 aliphatic heterocycles. The van der Waals surface area contributed by atoms with Crippen LogP contribution in [0.2, 0.25) is 0 Å². The third-order valence-electron chi connectivity index (χ3n) is 4.61. The fourth-order valence-corrected chi connectivity index (χ4v) is 3.32. The molecule has 1 heterocycles. The molecule has 128 valence electrons. The minimum atomic E-state index is 0.305. The van der Waals surface area contributed by atoms with E-state index in [1.54, 1.807) is 0 Å². The fraction of sp³-hybridized carbons (Fsp3) is 0.261. The van der Waals surface area contributed by atoms with Crippen LogP contribution in [0.3, 0.4) is 0 Å². The van der Waals surface area contributed by atoms with Crippen LogP contribution in [0, 0.1) is 0 Å². The molecule has 3 rings (SSSR count). The third-order valence-corrected chi connectivity index (χ3v) is 4.61. The van der Waals surface area contributed by atoms with Crippen LogP contribution in [0.25, 0.3) is 0 Å². The van der Waals surface area contributed by atoms with Gasteiger partial charge >= 0.3 is 0 Å². The summed E-state index contributed by atoms with van der Waals surface area (Å²) < 4.78 is 2.35. The second-order valence-corrected chi connectivity index (χ2v) is 6.42. The van der Waals surface area contributed by atoms with Gasteiger partial charge in [-0.25, -0.2) is 0 Å². The van der Waals surface area contributed by atoms with Crippen molar-refractivity contribution in [2.24, 2.45) is 0 Å². The lowest BCUT2D eigenvalue weighted by Crippen LogP contribution is -2.09. The van der Waals surface area contributed by atoms with Crippen LogP contribution in [0.4, 0.5) is 0 Å². The van der Waals surface area contributed by atoms with E-state index in [1.807, 2.05) is 36.4 Å². The van der Waals surface area contributed by atoms with Gasteiger partial charge in [0.1, 0.15) is 5.78 Å². The quantitative estimate of drug-likeness (QED) is 0.579. The minimum absolute atomic E-state index is 0.305. The van der Waals surface area contributed by atoms with Gasteiger partial charge < -0.3 is 4.57 Å². The highest BCUT2D eigenvalue weighted by Gasteiger charge is 2.10. The highest BCUT2D eigenvalue weighted by molar-refractivity contribution is 5.81. The van der Waals surface area contributed by atoms with E-state index >= 15 is 0 Å². The number of aromatic nitrogens is 1. The summed E-state index contributed by atoms with van der Waals surface area (Å²) in [5.74, 6) is 0.305. The first-order chi connectivity index (χ1) is 12.3. The molecule has 2 heteroatoms. The molecule has 0 amide bonds. The molecule has 0 fully saturated rings. The Kier molecular flexibility index (Phi) is 5.84. The summed E-state index contributed by atoms with van der Waals surface area (Å²) in [6.07, 6.45) is 2.88. The third kappa shape index (κ3) is 4.69. The van der Waals surface area contributed by atoms with Crippen LogP contribution >= 0.6 is 0 Å². The first kappa shape index (κ1) is 17.2. The SMILES string of the molecule is CCn1c(CCC(=O)Cc2ccccc2)ccc1Cc1ccccc1. The minimum Gasteiger partial charge on any atom is -0.349 e. The van der Waals surface area contributed by atoms with Gasteiger partial charge in [-0.3, -0.25) is 4.79 Å². The molecule has 0 aliphatic rings. The maximum absolute atomic E-state index is 12.3. The number of rotatable bonds is 8. The van der Waals surface area contributed by atoms with E-state index < -0.39 is 0 Å². The molecule has 0 N–H and O–H groups in total. The van der Waals surface area contributed by atoms with Crippen molar-refractivity contribution in [1.29, 1.82) is 0 Å². The number of carbonyl (C=O) groups is 1. The smallest absolute Gasteiger partial charge is 0.137 e. The molecule has 0 atom stereocenters. The summed E-state index contributed by atoms with van der Waals surface area (Å²) in [6.45, 7) is 3.11. The molecule has 0 saturated heterocycles. The van der Waals surface area contributed by atoms with Crippen molar-refractivity contribution >= 4 is 5.78 Å². The molecular formula is C23H25NO. The zero-order chi connectivity index (χ0) is 17.5. The van der Waals surface area contributed by atoms with Gasteiger partial charge in [0.25, 0.3) is 0 Å². The largest absolute Gasteiger partial charge is 0.349 e. The molecule has 0 saturated carbocycles. The topological polar surface area (TPSA) is 22.0 Å². The summed E-state index contributed by atoms with van der Waals surface area (Å²) in [7, 11) is 0. The molecule has 0 aliphatic carbocycles. The fourth-order valence-electron chi connectivity index (χ4n) is 3.32. The number of Topliss-reactive ketones (excluding diaryl/α,β-unsaturated/α-hetero) is 1. The Bertz CT molecular complexity index is 803. The van der Waals surface area contributed by atoms with Gasteiger partial charge in [0, 0.05) is 37.2 Å². The van der Waals surface area contributed by atoms with Crippen molar-refractivity contribution < 1.29 is 4.79 Å². The summed E-state index contributed by atoms with van der Waals surface area (Å²) in [5.41, 5.74) is 5.00. The first-order valence-electron chi connectivity index (χ1n) is 9.03. The van der Waals surface area contributed by atoms with Gasteiger partial charge in [0.2, 0.25) is 0 Å². The number of aryl methyl sites for hydroxylation is 1. The molecule has 0 unspecified atom stereocenters. The predicted octanol–water partition coefficient (Wildman–Crippen LogP) is 4.84. The normalized spacial score (nSPS) is 10.8. The molecule has 3 aromatic rings. The Morgan fingerprint density at radius 3 is 2.04 bits per heavy atom. The van der Waals surface area contributed by atoms with Crippen LogP contribution < -0.4 is 0 Å². The average Bonchev–Trinajstić information content (AvgIpc) is 3.03. The summed E-state index contributed by atoms with van der Waals surface area (Å²) in [4.78, 5) is 12.3. The molecule has 25 heavy (non-hydrogen) atoms. The average molecular weight is 331 g/mol. The van der Waals surface area contributed by atoms with Gasteiger partial charge in [-0.05, 0) is 36.6 Å². The van der Waals surface area contributed by atoms with Gasteiger partial charge in [0.05, 0.1) is 0 Å². The number of carbonyl (C=O) groups excluding carboxylic acids is 1. The number of hydrogen-bond acceptors (Lipinski definition) is 1. The maximum atomic E-state index is 12.3. The zero-order valence-electron chi connectivity index (χ0n) is 14.8. The monoisotopic (exact) mass is 331 g/mol. The summed E-state index contributed by atoms with van der Waals surface area (Å²) >= 11 is 0. The Labute approximate surface area is 150 Å². The van der Waals surface area contributed by atoms with E-state index in [9.17, 15) is 4.79 Å². The second kappa shape index (κ2) is 8.48. The summed E-state index contributed by atoms with van der Waals surface area (Å²) in [5, 5.41) is 0. The number of ketones is 1. The highest BCUT2D eigenvalue weighted by Crippen LogP contribution is 2.16. The van der Waals surface area contributed by atoms with Crippen molar-refractivity contribution in [3.63, 3.8) is 0 Å². The van der Waals surface area contributed by atoms with Gasteiger partial charge in [-0.1, -0.05) is 60.7 Å². The lowest BCUT2D eigenvalue weighted by Gasteiger charge is -2.11. The first-order valence-corrected chi connectivity index (χ1v) is 9.03. The van der Waals surface area contributed by atoms with Crippen LogP contribution in [0.5, 0.6) is 0 Å². The van der Waals surface area contributed by atoms with Crippen molar-refractivity contribution in [2.45, 2.75) is 39.2 Å². The Morgan fingerprint density at radius 1 is 0.800 bits per heavy atom. The van der Waals surface area contributed by atoms with E-state index in [1.165, 1.54) is 17.0 Å². The molecule has 2 aromatic carbocycles. The van der Waals surface area contributed by atoms with Gasteiger partial charge in [-0.2, -0.15) is 0 Å². The molecule has 2 nitrogen and oxygen atoms in total. The Morgan fingerprint density at radius 2 is 1.40 bits per heavy atom. The second-order valence-electron chi connectivity index (χ2n) is 6.42. The molecule has 0 bridgehead atoms. The van der Waals surface area contributed by atoms with Gasteiger partial charge in [0.15, 0.2) is 0 Å². The predicted molar refractivity (Wildman–Crippen MR) is 103 cm³/mol. The number of nitrogens with zero attached hydrogens (tertiary/aromatic N) is 1. The number of hydrogen-bond donors (Lipinski definition) is 0. The van der Waals surface area contributed by atoms with E-state index in [-0.39, 0.29) is 0 Å². The van der Waals surface area contributed by atoms with E-state index in [4.69, 9.17) is 0 Å². The van der Waals surface area contributed by atoms with Crippen molar-refractivity contribution in [1.82, 2.24) is 4.57 Å². The highest BCUT2D eigenvalue weighted by atomic mass is 16.1. The standard InChI is InChI=1S/C23H25NO/c1-2-24-21(13-14-22(24)17-19-9-5-3-6-10-19)15-16-23(25)18-20-11-7-4-8-12-20/h3-14H,2,15-18H2,1H3. The van der Waals surface area contributed by atoms with Crippen molar-refractivity contribution in [3.8, 4) is 0 Å². The van der Waals surface area contributed by atoms with Crippen molar-refractivity contribution in [2.75, 3.05) is 0 Å². The Hall–Kier alpha value is -2.61. The Balaban J connectivity index is 1.62. The zero-order valence-corrected chi connectivity index (χ0v) is 14.8. The molecule has 0 spiro atoms.